The molecule has 1 aromatic rings. The predicted octanol–water partition coefficient (Wildman–Crippen LogP) is 3.25. The third-order valence-electron chi connectivity index (χ3n) is 3.94. The van der Waals surface area contributed by atoms with Gasteiger partial charge in [0.1, 0.15) is 5.69 Å². The van der Waals surface area contributed by atoms with Gasteiger partial charge in [-0.2, -0.15) is 0 Å². The average Bonchev–Trinajstić information content (AvgIpc) is 2.68. The molecular weight excluding hydrogens is 224 g/mol. The summed E-state index contributed by atoms with van der Waals surface area (Å²) in [5, 5.41) is 0. The van der Waals surface area contributed by atoms with E-state index in [2.05, 4.69) is 32.7 Å². The maximum Gasteiger partial charge on any atom is 0.273 e. The first-order valence-corrected chi connectivity index (χ1v) is 6.71. The van der Waals surface area contributed by atoms with Crippen LogP contribution in [-0.2, 0) is 6.54 Å². The summed E-state index contributed by atoms with van der Waals surface area (Å²) in [6, 6.07) is 3.90. The zero-order chi connectivity index (χ0) is 13.3. The number of nitrogens with zero attached hydrogens (tertiary/aromatic N) is 2. The molecule has 1 unspecified atom stereocenters. The van der Waals surface area contributed by atoms with Crippen molar-refractivity contribution in [3.63, 3.8) is 0 Å². The van der Waals surface area contributed by atoms with Gasteiger partial charge in [0, 0.05) is 23.8 Å². The Balaban J connectivity index is 2.20. The van der Waals surface area contributed by atoms with E-state index in [-0.39, 0.29) is 11.4 Å². The molecule has 3 nitrogen and oxygen atoms in total. The lowest BCUT2D eigenvalue weighted by Crippen LogP contribution is -2.45. The molecule has 0 radical (unpaired) electrons. The van der Waals surface area contributed by atoms with E-state index >= 15 is 0 Å². The molecule has 18 heavy (non-hydrogen) atoms. The maximum atomic E-state index is 12.4. The monoisotopic (exact) mass is 246 g/mol. The molecule has 1 aliphatic rings. The SMILES string of the molecule is CCC(C)CC(C)(C)N1Cc2cccnc2C1=O. The standard InChI is InChI=1S/C15H22N2O/c1-5-11(2)9-15(3,4)17-10-12-7-6-8-16-13(12)14(17)18/h6-8,11H,5,9-10H2,1-4H3. The van der Waals surface area contributed by atoms with E-state index in [9.17, 15) is 4.79 Å². The average molecular weight is 246 g/mol. The molecule has 0 aliphatic carbocycles. The van der Waals surface area contributed by atoms with Gasteiger partial charge in [-0.1, -0.05) is 26.3 Å². The Hall–Kier alpha value is -1.38. The van der Waals surface area contributed by atoms with Gasteiger partial charge in [-0.3, -0.25) is 9.78 Å². The predicted molar refractivity (Wildman–Crippen MR) is 72.3 cm³/mol. The Labute approximate surface area is 109 Å². The van der Waals surface area contributed by atoms with Crippen LogP contribution >= 0.6 is 0 Å². The normalized spacial score (nSPS) is 16.9. The molecule has 1 aromatic heterocycles. The molecule has 98 valence electrons. The minimum absolute atomic E-state index is 0.0823. The van der Waals surface area contributed by atoms with Gasteiger partial charge in [0.15, 0.2) is 0 Å². The van der Waals surface area contributed by atoms with Crippen LogP contribution in [0, 0.1) is 5.92 Å². The highest BCUT2D eigenvalue weighted by Crippen LogP contribution is 2.32. The number of hydrogen-bond donors (Lipinski definition) is 0. The first-order chi connectivity index (χ1) is 8.45. The Morgan fingerprint density at radius 1 is 1.50 bits per heavy atom. The fourth-order valence-corrected chi connectivity index (χ4v) is 2.72. The number of carbonyl (C=O) groups is 1. The fourth-order valence-electron chi connectivity index (χ4n) is 2.72. The van der Waals surface area contributed by atoms with E-state index in [0.717, 1.165) is 18.4 Å². The van der Waals surface area contributed by atoms with E-state index in [1.54, 1.807) is 6.20 Å². The topological polar surface area (TPSA) is 33.2 Å². The van der Waals surface area contributed by atoms with Crippen molar-refractivity contribution in [3.05, 3.63) is 29.6 Å². The minimum atomic E-state index is -0.104. The molecule has 1 amide bonds. The van der Waals surface area contributed by atoms with Crippen LogP contribution < -0.4 is 0 Å². The molecule has 1 aliphatic heterocycles. The Bertz CT molecular complexity index is 454. The van der Waals surface area contributed by atoms with Crippen molar-refractivity contribution in [1.29, 1.82) is 0 Å². The first kappa shape index (κ1) is 13.1. The van der Waals surface area contributed by atoms with Crippen molar-refractivity contribution in [2.45, 2.75) is 52.6 Å². The van der Waals surface area contributed by atoms with Crippen LogP contribution in [0.15, 0.2) is 18.3 Å². The summed E-state index contributed by atoms with van der Waals surface area (Å²) in [5.74, 6) is 0.711. The van der Waals surface area contributed by atoms with E-state index in [0.29, 0.717) is 18.2 Å². The lowest BCUT2D eigenvalue weighted by atomic mass is 9.89. The van der Waals surface area contributed by atoms with E-state index in [4.69, 9.17) is 0 Å². The van der Waals surface area contributed by atoms with E-state index in [1.165, 1.54) is 0 Å². The summed E-state index contributed by atoms with van der Waals surface area (Å²) < 4.78 is 0. The van der Waals surface area contributed by atoms with Gasteiger partial charge in [-0.15, -0.1) is 0 Å². The second-order valence-electron chi connectivity index (χ2n) is 5.93. The molecule has 0 saturated carbocycles. The van der Waals surface area contributed by atoms with Gasteiger partial charge in [0.2, 0.25) is 0 Å². The van der Waals surface area contributed by atoms with E-state index < -0.39 is 0 Å². The summed E-state index contributed by atoms with van der Waals surface area (Å²) in [7, 11) is 0. The molecule has 2 rings (SSSR count). The van der Waals surface area contributed by atoms with Crippen molar-refractivity contribution in [3.8, 4) is 0 Å². The van der Waals surface area contributed by atoms with Crippen LogP contribution in [0.4, 0.5) is 0 Å². The number of aromatic nitrogens is 1. The van der Waals surface area contributed by atoms with Crippen LogP contribution in [0.2, 0.25) is 0 Å². The van der Waals surface area contributed by atoms with Crippen molar-refractivity contribution in [2.75, 3.05) is 0 Å². The van der Waals surface area contributed by atoms with Crippen molar-refractivity contribution >= 4 is 5.91 Å². The molecular formula is C15H22N2O. The zero-order valence-corrected chi connectivity index (χ0v) is 11.7. The second-order valence-corrected chi connectivity index (χ2v) is 5.93. The van der Waals surface area contributed by atoms with Crippen molar-refractivity contribution < 1.29 is 4.79 Å². The number of rotatable bonds is 4. The third-order valence-corrected chi connectivity index (χ3v) is 3.94. The van der Waals surface area contributed by atoms with Gasteiger partial charge in [0.05, 0.1) is 0 Å². The number of hydrogen-bond acceptors (Lipinski definition) is 2. The first-order valence-electron chi connectivity index (χ1n) is 6.71. The molecule has 0 spiro atoms. The quantitative estimate of drug-likeness (QED) is 0.817. The van der Waals surface area contributed by atoms with Crippen LogP contribution in [0.3, 0.4) is 0 Å². The van der Waals surface area contributed by atoms with Crippen LogP contribution in [-0.4, -0.2) is 21.3 Å². The molecule has 0 fully saturated rings. The highest BCUT2D eigenvalue weighted by molar-refractivity contribution is 5.96. The van der Waals surface area contributed by atoms with Crippen molar-refractivity contribution in [1.82, 2.24) is 9.88 Å². The maximum absolute atomic E-state index is 12.4. The van der Waals surface area contributed by atoms with Crippen LogP contribution in [0.1, 0.15) is 56.6 Å². The fraction of sp³-hybridized carbons (Fsp3) is 0.600. The molecule has 0 saturated heterocycles. The summed E-state index contributed by atoms with van der Waals surface area (Å²) in [5.41, 5.74) is 1.59. The van der Waals surface area contributed by atoms with Gasteiger partial charge < -0.3 is 4.90 Å². The molecule has 1 atom stereocenters. The van der Waals surface area contributed by atoms with Crippen molar-refractivity contribution in [2.24, 2.45) is 5.92 Å². The lowest BCUT2D eigenvalue weighted by molar-refractivity contribution is 0.0516. The van der Waals surface area contributed by atoms with Gasteiger partial charge in [-0.25, -0.2) is 0 Å². The highest BCUT2D eigenvalue weighted by atomic mass is 16.2. The second kappa shape index (κ2) is 4.71. The molecule has 0 aromatic carbocycles. The number of pyridine rings is 1. The lowest BCUT2D eigenvalue weighted by Gasteiger charge is -2.37. The van der Waals surface area contributed by atoms with Crippen LogP contribution in [0.5, 0.6) is 0 Å². The van der Waals surface area contributed by atoms with E-state index in [1.807, 2.05) is 17.0 Å². The largest absolute Gasteiger partial charge is 0.328 e. The molecule has 3 heteroatoms. The smallest absolute Gasteiger partial charge is 0.273 e. The Morgan fingerprint density at radius 3 is 2.83 bits per heavy atom. The van der Waals surface area contributed by atoms with Gasteiger partial charge in [0.25, 0.3) is 5.91 Å². The van der Waals surface area contributed by atoms with Crippen LogP contribution in [0.25, 0.3) is 0 Å². The Morgan fingerprint density at radius 2 is 2.22 bits per heavy atom. The Kier molecular flexibility index (Phi) is 3.42. The zero-order valence-electron chi connectivity index (χ0n) is 11.7. The summed E-state index contributed by atoms with van der Waals surface area (Å²) in [4.78, 5) is 18.6. The number of carbonyl (C=O) groups excluding carboxylic acids is 1. The number of amides is 1. The summed E-state index contributed by atoms with van der Waals surface area (Å²) in [6.07, 6.45) is 3.88. The molecule has 0 bridgehead atoms. The minimum Gasteiger partial charge on any atom is -0.328 e. The highest BCUT2D eigenvalue weighted by Gasteiger charge is 2.38. The number of fused-ring (bicyclic) bond motifs is 1. The van der Waals surface area contributed by atoms with Gasteiger partial charge >= 0.3 is 0 Å². The summed E-state index contributed by atoms with van der Waals surface area (Å²) in [6.45, 7) is 9.45. The molecule has 0 N–H and O–H groups in total. The summed E-state index contributed by atoms with van der Waals surface area (Å²) >= 11 is 0. The molecule has 2 heterocycles. The van der Waals surface area contributed by atoms with Gasteiger partial charge in [-0.05, 0) is 32.3 Å². The third kappa shape index (κ3) is 2.26.